The standard InChI is InChI=1S/C3H6Cl2.C3H4Cl2/c1-3(5)2-4;4-2-1-3-5/h3H,2H2,1H3;1-2H,3H2/b;2-1+. The average molecular weight is 224 g/mol. The van der Waals surface area contributed by atoms with Crippen LogP contribution in [0, 0.1) is 0 Å². The van der Waals surface area contributed by atoms with E-state index in [4.69, 9.17) is 46.4 Å². The summed E-state index contributed by atoms with van der Waals surface area (Å²) in [5.74, 6) is 1.05. The third-order valence-corrected chi connectivity index (χ3v) is 1.52. The van der Waals surface area contributed by atoms with E-state index in [9.17, 15) is 0 Å². The number of hydrogen-bond acceptors (Lipinski definition) is 0. The van der Waals surface area contributed by atoms with Crippen LogP contribution in [0.4, 0.5) is 0 Å². The maximum atomic E-state index is 5.33. The fourth-order valence-electron chi connectivity index (χ4n) is 0.0337. The van der Waals surface area contributed by atoms with Gasteiger partial charge in [-0.25, -0.2) is 0 Å². The minimum Gasteiger partial charge on any atom is -0.125 e. The zero-order valence-corrected chi connectivity index (χ0v) is 8.68. The van der Waals surface area contributed by atoms with Gasteiger partial charge < -0.3 is 0 Å². The molecule has 0 aliphatic rings. The van der Waals surface area contributed by atoms with Crippen molar-refractivity contribution < 1.29 is 0 Å². The molecule has 0 aliphatic carbocycles. The molecule has 0 saturated carbocycles. The third-order valence-electron chi connectivity index (χ3n) is 0.391. The number of rotatable bonds is 2. The van der Waals surface area contributed by atoms with Gasteiger partial charge in [-0.2, -0.15) is 0 Å². The van der Waals surface area contributed by atoms with E-state index in [0.29, 0.717) is 11.8 Å². The minimum atomic E-state index is 0.122. The van der Waals surface area contributed by atoms with Crippen molar-refractivity contribution in [1.82, 2.24) is 0 Å². The van der Waals surface area contributed by atoms with E-state index >= 15 is 0 Å². The van der Waals surface area contributed by atoms with Gasteiger partial charge in [-0.3, -0.25) is 0 Å². The second-order valence-corrected chi connectivity index (χ2v) is 3.07. The molecule has 0 spiro atoms. The van der Waals surface area contributed by atoms with E-state index in [-0.39, 0.29) is 5.38 Å². The molecule has 0 N–H and O–H groups in total. The minimum absolute atomic E-state index is 0.122. The van der Waals surface area contributed by atoms with Crippen molar-refractivity contribution in [2.75, 3.05) is 11.8 Å². The molecule has 0 aromatic heterocycles. The predicted octanol–water partition coefficient (Wildman–Crippen LogP) is 3.83. The summed E-state index contributed by atoms with van der Waals surface area (Å²) in [4.78, 5) is 0. The number of allylic oxidation sites excluding steroid dienone is 1. The molecule has 0 rings (SSSR count). The zero-order valence-electron chi connectivity index (χ0n) is 5.66. The Labute approximate surface area is 82.1 Å². The highest BCUT2D eigenvalue weighted by atomic mass is 35.5. The lowest BCUT2D eigenvalue weighted by molar-refractivity contribution is 1.11. The van der Waals surface area contributed by atoms with Crippen LogP contribution in [0.15, 0.2) is 11.6 Å². The maximum Gasteiger partial charge on any atom is 0.0443 e. The highest BCUT2D eigenvalue weighted by Crippen LogP contribution is 1.93. The van der Waals surface area contributed by atoms with Crippen LogP contribution in [-0.4, -0.2) is 17.1 Å². The average Bonchev–Trinajstić information content (AvgIpc) is 1.91. The SMILES string of the molecule is CC(Cl)CCl.Cl/C=C/CCl. The van der Waals surface area contributed by atoms with Crippen LogP contribution >= 0.6 is 46.4 Å². The lowest BCUT2D eigenvalue weighted by Gasteiger charge is -1.85. The molecule has 0 nitrogen and oxygen atoms in total. The lowest BCUT2D eigenvalue weighted by Crippen LogP contribution is -1.87. The van der Waals surface area contributed by atoms with Crippen molar-refractivity contribution >= 4 is 46.4 Å². The third kappa shape index (κ3) is 23.1. The summed E-state index contributed by atoms with van der Waals surface area (Å²) in [6.07, 6.45) is 1.66. The van der Waals surface area contributed by atoms with Crippen molar-refractivity contribution in [1.29, 1.82) is 0 Å². The van der Waals surface area contributed by atoms with Gasteiger partial charge in [-0.15, -0.1) is 34.8 Å². The van der Waals surface area contributed by atoms with E-state index in [0.717, 1.165) is 0 Å². The van der Waals surface area contributed by atoms with Crippen molar-refractivity contribution in [2.45, 2.75) is 12.3 Å². The molecule has 0 aromatic rings. The fraction of sp³-hybridized carbons (Fsp3) is 0.667. The lowest BCUT2D eigenvalue weighted by atomic mass is 10.6. The molecular formula is C6H10Cl4. The highest BCUT2D eigenvalue weighted by molar-refractivity contribution is 6.27. The molecule has 0 saturated heterocycles. The van der Waals surface area contributed by atoms with Crippen LogP contribution in [-0.2, 0) is 0 Å². The molecule has 0 bridgehead atoms. The quantitative estimate of drug-likeness (QED) is 0.625. The molecule has 4 heteroatoms. The molecule has 1 atom stereocenters. The van der Waals surface area contributed by atoms with Gasteiger partial charge in [0, 0.05) is 22.7 Å². The molecule has 10 heavy (non-hydrogen) atoms. The topological polar surface area (TPSA) is 0 Å². The van der Waals surface area contributed by atoms with Crippen molar-refractivity contribution in [3.05, 3.63) is 11.6 Å². The monoisotopic (exact) mass is 222 g/mol. The van der Waals surface area contributed by atoms with Crippen LogP contribution in [0.1, 0.15) is 6.92 Å². The molecule has 0 radical (unpaired) electrons. The van der Waals surface area contributed by atoms with Gasteiger partial charge in [0.2, 0.25) is 0 Å². The van der Waals surface area contributed by atoms with Crippen LogP contribution in [0.3, 0.4) is 0 Å². The van der Waals surface area contributed by atoms with Crippen molar-refractivity contribution in [3.8, 4) is 0 Å². The van der Waals surface area contributed by atoms with E-state index in [1.807, 2.05) is 6.92 Å². The molecule has 0 amide bonds. The molecule has 1 unspecified atom stereocenters. The first-order chi connectivity index (χ1) is 4.68. The maximum absolute atomic E-state index is 5.33. The largest absolute Gasteiger partial charge is 0.125 e. The first-order valence-electron chi connectivity index (χ1n) is 2.70. The number of alkyl halides is 3. The van der Waals surface area contributed by atoms with Gasteiger partial charge in [0.15, 0.2) is 0 Å². The Balaban J connectivity index is 0. The summed E-state index contributed by atoms with van der Waals surface area (Å²) >= 11 is 20.7. The van der Waals surface area contributed by atoms with Gasteiger partial charge >= 0.3 is 0 Å². The van der Waals surface area contributed by atoms with Crippen LogP contribution in [0.5, 0.6) is 0 Å². The molecule has 62 valence electrons. The summed E-state index contributed by atoms with van der Waals surface area (Å²) < 4.78 is 0. The Hall–Kier alpha value is 0.900. The Morgan fingerprint density at radius 1 is 1.40 bits per heavy atom. The highest BCUT2D eigenvalue weighted by Gasteiger charge is 1.85. The molecule has 0 heterocycles. The van der Waals surface area contributed by atoms with Crippen molar-refractivity contribution in [3.63, 3.8) is 0 Å². The summed E-state index contributed by atoms with van der Waals surface area (Å²) in [6.45, 7) is 1.86. The first-order valence-corrected chi connectivity index (χ1v) is 4.64. The molecule has 0 aromatic carbocycles. The smallest absolute Gasteiger partial charge is 0.0443 e. The van der Waals surface area contributed by atoms with E-state index in [1.54, 1.807) is 6.08 Å². The molecule has 0 fully saturated rings. The Kier molecular flexibility index (Phi) is 16.9. The number of halogens is 4. The van der Waals surface area contributed by atoms with Crippen LogP contribution in [0.25, 0.3) is 0 Å². The first kappa shape index (κ1) is 13.5. The summed E-state index contributed by atoms with van der Waals surface area (Å²) in [6, 6.07) is 0. The predicted molar refractivity (Wildman–Crippen MR) is 51.7 cm³/mol. The Bertz CT molecular complexity index is 70.1. The van der Waals surface area contributed by atoms with E-state index in [2.05, 4.69) is 0 Å². The zero-order chi connectivity index (χ0) is 8.41. The van der Waals surface area contributed by atoms with Gasteiger partial charge in [0.25, 0.3) is 0 Å². The van der Waals surface area contributed by atoms with Crippen molar-refractivity contribution in [2.24, 2.45) is 0 Å². The van der Waals surface area contributed by atoms with Crippen LogP contribution < -0.4 is 0 Å². The summed E-state index contributed by atoms with van der Waals surface area (Å²) in [7, 11) is 0. The second kappa shape index (κ2) is 12.6. The molecular weight excluding hydrogens is 214 g/mol. The van der Waals surface area contributed by atoms with Crippen LogP contribution in [0.2, 0.25) is 0 Å². The number of hydrogen-bond donors (Lipinski definition) is 0. The van der Waals surface area contributed by atoms with Gasteiger partial charge in [0.05, 0.1) is 0 Å². The summed E-state index contributed by atoms with van der Waals surface area (Å²) in [5, 5.41) is 0.122. The van der Waals surface area contributed by atoms with Gasteiger partial charge in [-0.05, 0) is 6.92 Å². The normalized spacial score (nSPS) is 12.5. The second-order valence-electron chi connectivity index (χ2n) is 1.45. The molecule has 0 aliphatic heterocycles. The van der Waals surface area contributed by atoms with Gasteiger partial charge in [-0.1, -0.05) is 17.7 Å². The summed E-state index contributed by atoms with van der Waals surface area (Å²) in [5.41, 5.74) is 1.40. The van der Waals surface area contributed by atoms with Gasteiger partial charge in [0.1, 0.15) is 0 Å². The van der Waals surface area contributed by atoms with E-state index in [1.165, 1.54) is 5.54 Å². The fourth-order valence-corrected chi connectivity index (χ4v) is 0.303. The Morgan fingerprint density at radius 3 is 1.80 bits per heavy atom. The Morgan fingerprint density at radius 2 is 1.80 bits per heavy atom. The van der Waals surface area contributed by atoms with E-state index < -0.39 is 0 Å².